The Morgan fingerprint density at radius 2 is 1.60 bits per heavy atom. The van der Waals surface area contributed by atoms with Crippen LogP contribution in [0.4, 0.5) is 8.39 Å². The summed E-state index contributed by atoms with van der Waals surface area (Å²) in [6.45, 7) is 0. The van der Waals surface area contributed by atoms with Crippen LogP contribution in [-0.4, -0.2) is 17.0 Å². The third-order valence-corrected chi connectivity index (χ3v) is 1.96. The number of nitriles is 2. The summed E-state index contributed by atoms with van der Waals surface area (Å²) in [5, 5.41) is 23.5. The van der Waals surface area contributed by atoms with Crippen LogP contribution >= 0.6 is 7.91 Å². The van der Waals surface area contributed by atoms with Gasteiger partial charge in [-0.05, 0) is 0 Å². The van der Waals surface area contributed by atoms with Gasteiger partial charge in [-0.15, -0.1) is 0 Å². The molecule has 0 aliphatic carbocycles. The molecule has 0 saturated heterocycles. The van der Waals surface area contributed by atoms with Gasteiger partial charge in [-0.3, -0.25) is 0 Å². The first-order valence-corrected chi connectivity index (χ1v) is 4.60. The maximum absolute atomic E-state index is 13.0. The van der Waals surface area contributed by atoms with E-state index < -0.39 is 19.8 Å². The van der Waals surface area contributed by atoms with Crippen LogP contribution in [0, 0.1) is 23.0 Å². The van der Waals surface area contributed by atoms with E-state index in [0.29, 0.717) is 12.5 Å². The normalized spacial score (nSPS) is 12.1. The van der Waals surface area contributed by atoms with Crippen LogP contribution in [-0.2, 0) is 23.2 Å². The zero-order chi connectivity index (χ0) is 12.1. The number of carbonyl (C=O) groups excluding carboxylic acids is 1. The molecule has 0 aromatic carbocycles. The Morgan fingerprint density at radius 3 is 1.87 bits per heavy atom. The van der Waals surface area contributed by atoms with Crippen LogP contribution in [0.3, 0.4) is 0 Å². The van der Waals surface area contributed by atoms with E-state index in [0.717, 1.165) is 0 Å². The summed E-state index contributed by atoms with van der Waals surface area (Å²) in [5.41, 5.74) is 0. The summed E-state index contributed by atoms with van der Waals surface area (Å²) in [5.74, 6) is -4.77. The molecule has 0 bridgehead atoms. The van der Waals surface area contributed by atoms with E-state index in [1.54, 1.807) is 0 Å². The maximum atomic E-state index is 13.0. The van der Waals surface area contributed by atoms with E-state index in [1.165, 1.54) is 0 Å². The summed E-state index contributed by atoms with van der Waals surface area (Å²) in [6, 6.07) is 0. The van der Waals surface area contributed by atoms with Crippen LogP contribution < -0.4 is 0 Å². The van der Waals surface area contributed by atoms with Crippen molar-refractivity contribution < 1.29 is 36.7 Å². The van der Waals surface area contributed by atoms with Crippen LogP contribution in [0.15, 0.2) is 0 Å². The first-order valence-electron chi connectivity index (χ1n) is 2.83. The number of hydrogen-bond acceptors (Lipinski definition) is 7. The van der Waals surface area contributed by atoms with Crippen molar-refractivity contribution in [2.45, 2.75) is 0 Å². The Morgan fingerprint density at radius 1 is 1.20 bits per heavy atom. The molecule has 0 amide bonds. The molecule has 0 rings (SSSR count). The van der Waals surface area contributed by atoms with Gasteiger partial charge < -0.3 is 0 Å². The van der Waals surface area contributed by atoms with Crippen molar-refractivity contribution in [2.24, 2.45) is 0 Å². The number of rotatable bonds is 3. The van der Waals surface area contributed by atoms with Gasteiger partial charge in [0.05, 0.1) is 0 Å². The van der Waals surface area contributed by atoms with Gasteiger partial charge in [0.1, 0.15) is 0 Å². The number of carbonyl (C=O) groups is 2. The number of halogens is 2. The Labute approximate surface area is 80.6 Å². The third-order valence-electron chi connectivity index (χ3n) is 0.770. The van der Waals surface area contributed by atoms with Crippen molar-refractivity contribution in [1.29, 1.82) is 10.5 Å². The van der Waals surface area contributed by atoms with Crippen LogP contribution in [0.5, 0.6) is 0 Å². The number of aliphatic carboxylic acids is 1. The minimum atomic E-state index is -7.30. The number of carboxylic acids is 1. The second-order valence-electron chi connectivity index (χ2n) is 1.75. The second-order valence-corrected chi connectivity index (χ2v) is 3.70. The minimum absolute atomic E-state index is 0.440. The van der Waals surface area contributed by atoms with Gasteiger partial charge in [-0.1, -0.05) is 0 Å². The van der Waals surface area contributed by atoms with Crippen molar-refractivity contribution >= 4 is 19.8 Å². The van der Waals surface area contributed by atoms with Gasteiger partial charge in [0.2, 0.25) is 0 Å². The topological polar surface area (TPSA) is 130 Å². The van der Waals surface area contributed by atoms with Gasteiger partial charge in [-0.2, -0.15) is 0 Å². The molecule has 1 N–H and O–H groups in total. The predicted octanol–water partition coefficient (Wildman–Crippen LogP) is 0.677. The third kappa shape index (κ3) is 3.58. The van der Waals surface area contributed by atoms with Gasteiger partial charge >= 0.3 is 79.5 Å². The fourth-order valence-corrected chi connectivity index (χ4v) is 1.06. The van der Waals surface area contributed by atoms with Gasteiger partial charge in [0.25, 0.3) is 0 Å². The number of carboxylic acid groups (broad SMARTS) is 1. The number of hydrogen-bond donors (Lipinski definition) is 1. The Hall–Kier alpha value is -2.19. The summed E-state index contributed by atoms with van der Waals surface area (Å²) >= 11 is 0. The molecule has 15 heavy (non-hydrogen) atoms. The average molecular weight is 242 g/mol. The van der Waals surface area contributed by atoms with Crippen LogP contribution in [0.1, 0.15) is 0 Å². The molecule has 0 unspecified atom stereocenters. The summed E-state index contributed by atoms with van der Waals surface area (Å²) in [4.78, 5) is 20.1. The Bertz CT molecular complexity index is 364. The second kappa shape index (κ2) is 3.90. The predicted molar refractivity (Wildman–Crippen MR) is 36.3 cm³/mol. The molecule has 11 heteroatoms. The van der Waals surface area contributed by atoms with E-state index in [2.05, 4.69) is 13.6 Å². The van der Waals surface area contributed by atoms with E-state index in [9.17, 15) is 18.0 Å². The van der Waals surface area contributed by atoms with E-state index in [-0.39, 0.29) is 0 Å². The zero-order valence-corrected chi connectivity index (χ0v) is 7.48. The Balaban J connectivity index is 4.99. The van der Waals surface area contributed by atoms with E-state index in [1.807, 2.05) is 0 Å². The van der Waals surface area contributed by atoms with Gasteiger partial charge in [-0.25, -0.2) is 0 Å². The molecule has 8 nitrogen and oxygen atoms in total. The van der Waals surface area contributed by atoms with Crippen molar-refractivity contribution in [1.82, 2.24) is 0 Å². The van der Waals surface area contributed by atoms with Crippen molar-refractivity contribution in [2.75, 3.05) is 0 Å². The first-order chi connectivity index (χ1) is 6.73. The van der Waals surface area contributed by atoms with Gasteiger partial charge in [0.15, 0.2) is 0 Å². The summed E-state index contributed by atoms with van der Waals surface area (Å²) < 4.78 is 35.0. The van der Waals surface area contributed by atoms with Crippen LogP contribution in [0.25, 0.3) is 0 Å². The summed E-state index contributed by atoms with van der Waals surface area (Å²) in [6.07, 6.45) is 0.879. The monoisotopic (exact) mass is 242 g/mol. The molecule has 82 valence electrons. The molecular formula is C4HF2N2O6P. The molecular weight excluding hydrogens is 241 g/mol. The average Bonchev–Trinajstić information content (AvgIpc) is 2.02. The molecule has 0 aromatic heterocycles. The van der Waals surface area contributed by atoms with Gasteiger partial charge in [0, 0.05) is 0 Å². The molecule has 0 aliphatic heterocycles. The fourth-order valence-electron chi connectivity index (χ4n) is 0.354. The molecule has 0 radical (unpaired) electrons. The molecule has 0 fully saturated rings. The molecule has 0 heterocycles. The molecule has 0 aromatic rings. The number of nitrogens with zero attached hydrogens (tertiary/aromatic N) is 2. The van der Waals surface area contributed by atoms with Crippen LogP contribution in [0.2, 0.25) is 0 Å². The first kappa shape index (κ1) is 12.8. The molecule has 0 saturated carbocycles. The summed E-state index contributed by atoms with van der Waals surface area (Å²) in [7, 11) is -7.30. The standard InChI is InChI=1S/C4HF2N2O6P/c5-15(6,12-1-7,13-2-8)14-4(11)3(9)10/h(H,9,10). The molecule has 0 spiro atoms. The zero-order valence-electron chi connectivity index (χ0n) is 6.59. The molecule has 0 aliphatic rings. The van der Waals surface area contributed by atoms with E-state index >= 15 is 0 Å². The van der Waals surface area contributed by atoms with Crippen molar-refractivity contribution in [3.05, 3.63) is 0 Å². The molecule has 0 atom stereocenters. The SMILES string of the molecule is N#COP(F)(F)(OC#N)OC(=O)C(=O)O. The van der Waals surface area contributed by atoms with Crippen molar-refractivity contribution in [3.8, 4) is 12.5 Å². The van der Waals surface area contributed by atoms with E-state index in [4.69, 9.17) is 15.6 Å². The fraction of sp³-hybridized carbons (Fsp3) is 0. The Kier molecular flexibility index (Phi) is 3.33. The quantitative estimate of drug-likeness (QED) is 0.434. The van der Waals surface area contributed by atoms with Crippen molar-refractivity contribution in [3.63, 3.8) is 0 Å².